The van der Waals surface area contributed by atoms with Gasteiger partial charge in [0, 0.05) is 18.1 Å². The first-order valence-electron chi connectivity index (χ1n) is 4.00. The molecule has 15 heavy (non-hydrogen) atoms. The van der Waals surface area contributed by atoms with E-state index in [1.807, 2.05) is 0 Å². The Hall–Kier alpha value is -1.17. The Morgan fingerprint density at radius 2 is 2.07 bits per heavy atom. The number of phenolic OH excluding ortho intramolecular Hbond substituents is 1. The summed E-state index contributed by atoms with van der Waals surface area (Å²) in [6.45, 7) is 0. The maximum Gasteiger partial charge on any atom is 0.303 e. The lowest BCUT2D eigenvalue weighted by molar-refractivity contribution is -0.136. The van der Waals surface area contributed by atoms with Crippen molar-refractivity contribution in [3.63, 3.8) is 0 Å². The number of aromatic hydroxyl groups is 1. The molecule has 0 radical (unpaired) electrons. The van der Waals surface area contributed by atoms with Gasteiger partial charge in [-0.15, -0.1) is 0 Å². The molecule has 3 nitrogen and oxygen atoms in total. The van der Waals surface area contributed by atoms with Gasteiger partial charge in [-0.05, 0) is 22.4 Å². The quantitative estimate of drug-likeness (QED) is 0.837. The van der Waals surface area contributed by atoms with Crippen LogP contribution < -0.4 is 0 Å². The topological polar surface area (TPSA) is 57.5 Å². The number of phenols is 1. The highest BCUT2D eigenvalue weighted by molar-refractivity contribution is 9.10. The van der Waals surface area contributed by atoms with Gasteiger partial charge in [-0.25, -0.2) is 8.78 Å². The van der Waals surface area contributed by atoms with Crippen LogP contribution in [0.3, 0.4) is 0 Å². The fourth-order valence-electron chi connectivity index (χ4n) is 1.09. The lowest BCUT2D eigenvalue weighted by atomic mass is 10.1. The summed E-state index contributed by atoms with van der Waals surface area (Å²) in [5, 5.41) is 17.6. The summed E-state index contributed by atoms with van der Waals surface area (Å²) in [6, 6.07) is 0.740. The van der Waals surface area contributed by atoms with Crippen molar-refractivity contribution in [3.05, 3.63) is 27.7 Å². The predicted molar refractivity (Wildman–Crippen MR) is 51.7 cm³/mol. The third kappa shape index (κ3) is 2.65. The second-order valence-electron chi connectivity index (χ2n) is 2.88. The van der Waals surface area contributed by atoms with E-state index in [4.69, 9.17) is 5.11 Å². The molecule has 0 heterocycles. The average molecular weight is 281 g/mol. The third-order valence-corrected chi connectivity index (χ3v) is 2.56. The van der Waals surface area contributed by atoms with Gasteiger partial charge in [-0.3, -0.25) is 4.79 Å². The molecule has 0 aliphatic heterocycles. The van der Waals surface area contributed by atoms with Gasteiger partial charge in [-0.1, -0.05) is 0 Å². The van der Waals surface area contributed by atoms with E-state index in [0.717, 1.165) is 6.07 Å². The van der Waals surface area contributed by atoms with Crippen LogP contribution in [0.4, 0.5) is 8.78 Å². The van der Waals surface area contributed by atoms with E-state index in [2.05, 4.69) is 15.9 Å². The molecule has 0 saturated heterocycles. The Balaban J connectivity index is 3.07. The Morgan fingerprint density at radius 1 is 1.47 bits per heavy atom. The highest BCUT2D eigenvalue weighted by atomic mass is 79.9. The number of hydrogen-bond donors (Lipinski definition) is 2. The highest BCUT2D eigenvalue weighted by Gasteiger charge is 2.17. The van der Waals surface area contributed by atoms with Crippen molar-refractivity contribution in [2.45, 2.75) is 12.8 Å². The molecule has 0 saturated carbocycles. The van der Waals surface area contributed by atoms with Crippen LogP contribution in [-0.2, 0) is 11.2 Å². The maximum atomic E-state index is 13.3. The van der Waals surface area contributed by atoms with Crippen molar-refractivity contribution in [1.29, 1.82) is 0 Å². The molecule has 0 amide bonds. The molecule has 6 heteroatoms. The zero-order valence-corrected chi connectivity index (χ0v) is 9.01. The van der Waals surface area contributed by atoms with Crippen molar-refractivity contribution in [2.24, 2.45) is 0 Å². The first-order chi connectivity index (χ1) is 6.93. The van der Waals surface area contributed by atoms with E-state index in [1.54, 1.807) is 0 Å². The van der Waals surface area contributed by atoms with Gasteiger partial charge in [0.15, 0.2) is 0 Å². The van der Waals surface area contributed by atoms with Crippen LogP contribution in [0.1, 0.15) is 12.0 Å². The van der Waals surface area contributed by atoms with E-state index >= 15 is 0 Å². The van der Waals surface area contributed by atoms with Crippen molar-refractivity contribution in [3.8, 4) is 5.75 Å². The highest BCUT2D eigenvalue weighted by Crippen LogP contribution is 2.30. The van der Waals surface area contributed by atoms with Gasteiger partial charge < -0.3 is 10.2 Å². The van der Waals surface area contributed by atoms with E-state index in [1.165, 1.54) is 0 Å². The first kappa shape index (κ1) is 11.9. The zero-order valence-electron chi connectivity index (χ0n) is 7.43. The number of carboxylic acid groups (broad SMARTS) is 1. The Morgan fingerprint density at radius 3 is 2.60 bits per heavy atom. The van der Waals surface area contributed by atoms with Crippen molar-refractivity contribution < 1.29 is 23.8 Å². The minimum Gasteiger partial charge on any atom is -0.507 e. The van der Waals surface area contributed by atoms with E-state index in [0.29, 0.717) is 0 Å². The molecule has 0 atom stereocenters. The molecule has 0 fully saturated rings. The van der Waals surface area contributed by atoms with Gasteiger partial charge >= 0.3 is 5.97 Å². The van der Waals surface area contributed by atoms with E-state index in [-0.39, 0.29) is 18.4 Å². The normalized spacial score (nSPS) is 10.3. The van der Waals surface area contributed by atoms with Gasteiger partial charge in [0.2, 0.25) is 0 Å². The van der Waals surface area contributed by atoms with Crippen LogP contribution in [-0.4, -0.2) is 16.2 Å². The average Bonchev–Trinajstić information content (AvgIpc) is 2.14. The van der Waals surface area contributed by atoms with Gasteiger partial charge in [0.25, 0.3) is 0 Å². The number of carboxylic acids is 1. The second kappa shape index (κ2) is 4.57. The molecule has 1 rings (SSSR count). The standard InChI is InChI=1S/C9H7BrF2O3/c10-8-5(11)3-6(13)4(9(8)12)1-2-7(14)15/h3,13H,1-2H2,(H,14,15). The van der Waals surface area contributed by atoms with E-state index < -0.39 is 27.8 Å². The van der Waals surface area contributed by atoms with E-state index in [9.17, 15) is 18.7 Å². The Labute approximate surface area is 92.5 Å². The molecule has 1 aromatic carbocycles. The maximum absolute atomic E-state index is 13.3. The first-order valence-corrected chi connectivity index (χ1v) is 4.80. The molecular weight excluding hydrogens is 274 g/mol. The smallest absolute Gasteiger partial charge is 0.303 e. The van der Waals surface area contributed by atoms with Crippen LogP contribution in [0.25, 0.3) is 0 Å². The van der Waals surface area contributed by atoms with Gasteiger partial charge in [0.05, 0.1) is 4.47 Å². The Kier molecular flexibility index (Phi) is 3.62. The molecule has 0 aliphatic carbocycles. The zero-order chi connectivity index (χ0) is 11.6. The summed E-state index contributed by atoms with van der Waals surface area (Å²) in [4.78, 5) is 10.3. The van der Waals surface area contributed by atoms with Gasteiger partial charge in [-0.2, -0.15) is 0 Å². The summed E-state index contributed by atoms with van der Waals surface area (Å²) in [7, 11) is 0. The molecular formula is C9H7BrF2O3. The minimum absolute atomic E-state index is 0.189. The summed E-state index contributed by atoms with van der Waals surface area (Å²) in [5.74, 6) is -3.58. The lowest BCUT2D eigenvalue weighted by Crippen LogP contribution is -2.01. The molecule has 0 spiro atoms. The predicted octanol–water partition coefficient (Wildman–Crippen LogP) is 2.45. The SMILES string of the molecule is O=C(O)CCc1c(O)cc(F)c(Br)c1F. The molecule has 0 unspecified atom stereocenters. The van der Waals surface area contributed by atoms with Crippen molar-refractivity contribution in [1.82, 2.24) is 0 Å². The van der Waals surface area contributed by atoms with Crippen LogP contribution in [0.15, 0.2) is 10.5 Å². The van der Waals surface area contributed by atoms with Crippen LogP contribution in [0, 0.1) is 11.6 Å². The second-order valence-corrected chi connectivity index (χ2v) is 3.67. The summed E-state index contributed by atoms with van der Waals surface area (Å²) in [6.07, 6.45) is -0.519. The van der Waals surface area contributed by atoms with Crippen LogP contribution in [0.2, 0.25) is 0 Å². The Bertz CT molecular complexity index is 407. The fourth-order valence-corrected chi connectivity index (χ4v) is 1.44. The van der Waals surface area contributed by atoms with Crippen molar-refractivity contribution >= 4 is 21.9 Å². The van der Waals surface area contributed by atoms with Gasteiger partial charge in [0.1, 0.15) is 17.4 Å². The molecule has 82 valence electrons. The number of hydrogen-bond acceptors (Lipinski definition) is 2. The summed E-state index contributed by atoms with van der Waals surface area (Å²) >= 11 is 2.66. The number of rotatable bonds is 3. The molecule has 1 aromatic rings. The molecule has 2 N–H and O–H groups in total. The fraction of sp³-hybridized carbons (Fsp3) is 0.222. The molecule has 0 aliphatic rings. The largest absolute Gasteiger partial charge is 0.507 e. The van der Waals surface area contributed by atoms with Crippen molar-refractivity contribution in [2.75, 3.05) is 0 Å². The molecule has 0 aromatic heterocycles. The number of carbonyl (C=O) groups is 1. The number of aliphatic carboxylic acids is 1. The van der Waals surface area contributed by atoms with Crippen LogP contribution in [0.5, 0.6) is 5.75 Å². The van der Waals surface area contributed by atoms with Crippen LogP contribution >= 0.6 is 15.9 Å². The summed E-state index contributed by atoms with van der Waals surface area (Å²) in [5.41, 5.74) is -0.203. The number of benzene rings is 1. The minimum atomic E-state index is -1.12. The third-order valence-electron chi connectivity index (χ3n) is 1.83. The lowest BCUT2D eigenvalue weighted by Gasteiger charge is -2.07. The number of halogens is 3. The molecule has 0 bridgehead atoms. The monoisotopic (exact) mass is 280 g/mol. The summed E-state index contributed by atoms with van der Waals surface area (Å²) < 4.78 is 25.8.